The van der Waals surface area contributed by atoms with Crippen molar-refractivity contribution in [1.82, 2.24) is 9.97 Å². The molecule has 0 spiro atoms. The second-order valence-corrected chi connectivity index (χ2v) is 5.12. The van der Waals surface area contributed by atoms with Gasteiger partial charge in [0.05, 0.1) is 16.7 Å². The monoisotopic (exact) mass is 277 g/mol. The zero-order valence-electron chi connectivity index (χ0n) is 12.4. The molecule has 0 saturated carbocycles. The van der Waals surface area contributed by atoms with Gasteiger partial charge in [0, 0.05) is 6.54 Å². The van der Waals surface area contributed by atoms with E-state index in [0.29, 0.717) is 0 Å². The summed E-state index contributed by atoms with van der Waals surface area (Å²) in [6.45, 7) is 4.95. The van der Waals surface area contributed by atoms with Crippen LogP contribution in [-0.4, -0.2) is 9.97 Å². The Hall–Kier alpha value is -2.42. The molecule has 3 nitrogen and oxygen atoms in total. The summed E-state index contributed by atoms with van der Waals surface area (Å²) in [4.78, 5) is 9.28. The molecule has 0 aliphatic rings. The van der Waals surface area contributed by atoms with E-state index in [1.54, 1.807) is 0 Å². The van der Waals surface area contributed by atoms with E-state index in [1.807, 2.05) is 31.2 Å². The van der Waals surface area contributed by atoms with Crippen LogP contribution in [0.2, 0.25) is 0 Å². The van der Waals surface area contributed by atoms with Crippen LogP contribution >= 0.6 is 0 Å². The molecule has 0 fully saturated rings. The predicted molar refractivity (Wildman–Crippen MR) is 87.4 cm³/mol. The molecule has 0 aliphatic heterocycles. The third-order valence-corrected chi connectivity index (χ3v) is 3.69. The van der Waals surface area contributed by atoms with Crippen molar-refractivity contribution in [3.05, 3.63) is 65.4 Å². The van der Waals surface area contributed by atoms with Crippen molar-refractivity contribution < 1.29 is 0 Å². The van der Waals surface area contributed by atoms with Crippen LogP contribution in [0, 0.1) is 6.92 Å². The van der Waals surface area contributed by atoms with Crippen molar-refractivity contribution in [2.24, 2.45) is 0 Å². The van der Waals surface area contributed by atoms with E-state index in [-0.39, 0.29) is 0 Å². The van der Waals surface area contributed by atoms with Gasteiger partial charge in [-0.2, -0.15) is 0 Å². The van der Waals surface area contributed by atoms with Crippen molar-refractivity contribution in [2.45, 2.75) is 26.8 Å². The highest BCUT2D eigenvalue weighted by molar-refractivity contribution is 5.76. The fourth-order valence-electron chi connectivity index (χ4n) is 2.51. The van der Waals surface area contributed by atoms with Crippen LogP contribution in [-0.2, 0) is 13.0 Å². The molecule has 1 heterocycles. The number of rotatable bonds is 4. The number of nitrogens with one attached hydrogen (secondary N) is 1. The third kappa shape index (κ3) is 2.87. The van der Waals surface area contributed by atoms with Gasteiger partial charge in [0.25, 0.3) is 0 Å². The van der Waals surface area contributed by atoms with Crippen molar-refractivity contribution in [3.8, 4) is 0 Å². The van der Waals surface area contributed by atoms with Gasteiger partial charge in [0.1, 0.15) is 5.82 Å². The molecule has 0 unspecified atom stereocenters. The molecule has 106 valence electrons. The Balaban J connectivity index is 1.86. The molecule has 0 radical (unpaired) electrons. The molecule has 3 aromatic rings. The molecule has 0 amide bonds. The van der Waals surface area contributed by atoms with Gasteiger partial charge in [-0.3, -0.25) is 0 Å². The summed E-state index contributed by atoms with van der Waals surface area (Å²) in [6, 6.07) is 16.5. The first kappa shape index (κ1) is 13.6. The van der Waals surface area contributed by atoms with Gasteiger partial charge in [0.15, 0.2) is 0 Å². The Morgan fingerprint density at radius 2 is 1.48 bits per heavy atom. The van der Waals surface area contributed by atoms with E-state index in [1.165, 1.54) is 11.1 Å². The number of aromatic nitrogens is 2. The topological polar surface area (TPSA) is 37.8 Å². The molecular formula is C18H19N3. The zero-order valence-corrected chi connectivity index (χ0v) is 12.4. The second-order valence-electron chi connectivity index (χ2n) is 5.12. The van der Waals surface area contributed by atoms with Crippen LogP contribution in [0.5, 0.6) is 0 Å². The number of para-hydroxylation sites is 2. The minimum absolute atomic E-state index is 0.776. The average Bonchev–Trinajstić information content (AvgIpc) is 2.53. The number of nitrogens with zero attached hydrogens (tertiary/aromatic N) is 2. The summed E-state index contributed by atoms with van der Waals surface area (Å²) in [5.74, 6) is 0.861. The smallest absolute Gasteiger partial charge is 0.148 e. The fraction of sp³-hybridized carbons (Fsp3) is 0.222. The molecule has 0 atom stereocenters. The number of benzene rings is 2. The Labute approximate surface area is 125 Å². The maximum absolute atomic E-state index is 4.67. The minimum Gasteiger partial charge on any atom is -0.364 e. The Morgan fingerprint density at radius 3 is 2.19 bits per heavy atom. The molecule has 0 bridgehead atoms. The summed E-state index contributed by atoms with van der Waals surface area (Å²) in [7, 11) is 0. The number of aryl methyl sites for hydroxylation is 2. The lowest BCUT2D eigenvalue weighted by Crippen LogP contribution is -2.06. The molecule has 0 saturated heterocycles. The summed E-state index contributed by atoms with van der Waals surface area (Å²) in [5, 5.41) is 3.42. The Kier molecular flexibility index (Phi) is 3.82. The molecular weight excluding hydrogens is 258 g/mol. The largest absolute Gasteiger partial charge is 0.364 e. The lowest BCUT2D eigenvalue weighted by atomic mass is 10.1. The third-order valence-electron chi connectivity index (χ3n) is 3.69. The first-order valence-corrected chi connectivity index (χ1v) is 7.32. The van der Waals surface area contributed by atoms with Crippen LogP contribution in [0.25, 0.3) is 11.0 Å². The first-order valence-electron chi connectivity index (χ1n) is 7.32. The molecule has 3 heteroatoms. The van der Waals surface area contributed by atoms with Crippen molar-refractivity contribution in [2.75, 3.05) is 5.32 Å². The van der Waals surface area contributed by atoms with Gasteiger partial charge < -0.3 is 5.32 Å². The van der Waals surface area contributed by atoms with Gasteiger partial charge >= 0.3 is 0 Å². The van der Waals surface area contributed by atoms with Crippen molar-refractivity contribution in [3.63, 3.8) is 0 Å². The van der Waals surface area contributed by atoms with E-state index < -0.39 is 0 Å². The van der Waals surface area contributed by atoms with E-state index in [4.69, 9.17) is 0 Å². The summed E-state index contributed by atoms with van der Waals surface area (Å²) in [6.07, 6.45) is 1.04. The highest BCUT2D eigenvalue weighted by Crippen LogP contribution is 2.17. The molecule has 1 aromatic heterocycles. The van der Waals surface area contributed by atoms with Crippen molar-refractivity contribution >= 4 is 16.9 Å². The number of hydrogen-bond donors (Lipinski definition) is 1. The minimum atomic E-state index is 0.776. The maximum Gasteiger partial charge on any atom is 0.148 e. The van der Waals surface area contributed by atoms with Crippen LogP contribution in [0.1, 0.15) is 23.7 Å². The molecule has 1 N–H and O–H groups in total. The van der Waals surface area contributed by atoms with Crippen LogP contribution in [0.4, 0.5) is 5.82 Å². The lowest BCUT2D eigenvalue weighted by Gasteiger charge is -2.12. The highest BCUT2D eigenvalue weighted by Gasteiger charge is 2.05. The number of anilines is 1. The fourth-order valence-corrected chi connectivity index (χ4v) is 2.51. The molecule has 2 aromatic carbocycles. The average molecular weight is 277 g/mol. The summed E-state index contributed by atoms with van der Waals surface area (Å²) in [5.41, 5.74) is 5.48. The van der Waals surface area contributed by atoms with E-state index in [0.717, 1.165) is 35.5 Å². The SMILES string of the molecule is CCc1ccccc1CNc1nc2ccccc2nc1C. The van der Waals surface area contributed by atoms with E-state index in [2.05, 4.69) is 46.5 Å². The zero-order chi connectivity index (χ0) is 14.7. The Morgan fingerprint density at radius 1 is 0.857 bits per heavy atom. The normalized spacial score (nSPS) is 10.8. The first-order chi connectivity index (χ1) is 10.3. The molecule has 0 aliphatic carbocycles. The van der Waals surface area contributed by atoms with Gasteiger partial charge in [-0.1, -0.05) is 43.3 Å². The maximum atomic E-state index is 4.67. The summed E-state index contributed by atoms with van der Waals surface area (Å²) >= 11 is 0. The van der Waals surface area contributed by atoms with Gasteiger partial charge in [-0.05, 0) is 36.6 Å². The standard InChI is InChI=1S/C18H19N3/c1-3-14-8-4-5-9-15(14)12-19-18-13(2)20-16-10-6-7-11-17(16)21-18/h4-11H,3,12H2,1-2H3,(H,19,21). The highest BCUT2D eigenvalue weighted by atomic mass is 15.0. The van der Waals surface area contributed by atoms with Gasteiger partial charge in [-0.15, -0.1) is 0 Å². The molecule has 21 heavy (non-hydrogen) atoms. The van der Waals surface area contributed by atoms with E-state index >= 15 is 0 Å². The predicted octanol–water partition coefficient (Wildman–Crippen LogP) is 4.11. The van der Waals surface area contributed by atoms with Crippen molar-refractivity contribution in [1.29, 1.82) is 0 Å². The summed E-state index contributed by atoms with van der Waals surface area (Å²) < 4.78 is 0. The van der Waals surface area contributed by atoms with Gasteiger partial charge in [-0.25, -0.2) is 9.97 Å². The Bertz CT molecular complexity index is 765. The van der Waals surface area contributed by atoms with Gasteiger partial charge in [0.2, 0.25) is 0 Å². The molecule has 3 rings (SSSR count). The number of hydrogen-bond acceptors (Lipinski definition) is 3. The quantitative estimate of drug-likeness (QED) is 0.779. The van der Waals surface area contributed by atoms with Crippen LogP contribution in [0.3, 0.4) is 0 Å². The van der Waals surface area contributed by atoms with E-state index in [9.17, 15) is 0 Å². The number of fused-ring (bicyclic) bond motifs is 1. The lowest BCUT2D eigenvalue weighted by molar-refractivity contribution is 1.02. The van der Waals surface area contributed by atoms with Crippen LogP contribution < -0.4 is 5.32 Å². The van der Waals surface area contributed by atoms with Crippen LogP contribution in [0.15, 0.2) is 48.5 Å². The second kappa shape index (κ2) is 5.92.